The number of aromatic nitrogens is 2. The van der Waals surface area contributed by atoms with Gasteiger partial charge in [-0.2, -0.15) is 0 Å². The van der Waals surface area contributed by atoms with Gasteiger partial charge in [-0.25, -0.2) is 9.97 Å². The first kappa shape index (κ1) is 9.43. The predicted molar refractivity (Wildman–Crippen MR) is 58.7 cm³/mol. The number of thiazole rings is 1. The van der Waals surface area contributed by atoms with Crippen molar-refractivity contribution < 1.29 is 0 Å². The van der Waals surface area contributed by atoms with E-state index in [9.17, 15) is 0 Å². The van der Waals surface area contributed by atoms with Gasteiger partial charge in [0.15, 0.2) is 0 Å². The molecular formula is C9H8ClN3S. The lowest BCUT2D eigenvalue weighted by Gasteiger charge is -2.02. The van der Waals surface area contributed by atoms with Gasteiger partial charge >= 0.3 is 0 Å². The molecule has 0 radical (unpaired) electrons. The Morgan fingerprint density at radius 2 is 2.29 bits per heavy atom. The Morgan fingerprint density at radius 3 is 2.93 bits per heavy atom. The highest BCUT2D eigenvalue weighted by atomic mass is 35.5. The molecular weight excluding hydrogens is 218 g/mol. The van der Waals surface area contributed by atoms with Crippen LogP contribution in [0.5, 0.6) is 0 Å². The van der Waals surface area contributed by atoms with E-state index in [0.29, 0.717) is 11.6 Å². The standard InChI is InChI=1S/C9H8ClN3S/c10-7-1-2-9(11-3-7)12-4-8-5-14-6-13-8/h1-3,5-6H,4H2,(H,11,12). The average Bonchev–Trinajstić information content (AvgIpc) is 2.70. The summed E-state index contributed by atoms with van der Waals surface area (Å²) >= 11 is 7.29. The van der Waals surface area contributed by atoms with Crippen LogP contribution in [0.4, 0.5) is 5.82 Å². The van der Waals surface area contributed by atoms with Gasteiger partial charge in [-0.05, 0) is 12.1 Å². The maximum absolute atomic E-state index is 5.71. The average molecular weight is 226 g/mol. The number of nitrogens with zero attached hydrogens (tertiary/aromatic N) is 2. The van der Waals surface area contributed by atoms with Gasteiger partial charge in [0.25, 0.3) is 0 Å². The Kier molecular flexibility index (Phi) is 2.96. The van der Waals surface area contributed by atoms with E-state index in [4.69, 9.17) is 11.6 Å². The summed E-state index contributed by atoms with van der Waals surface area (Å²) in [5.74, 6) is 0.808. The molecule has 0 amide bonds. The number of nitrogens with one attached hydrogen (secondary N) is 1. The number of halogens is 1. The van der Waals surface area contributed by atoms with Crippen molar-refractivity contribution in [2.45, 2.75) is 6.54 Å². The van der Waals surface area contributed by atoms with E-state index in [2.05, 4.69) is 15.3 Å². The Hall–Kier alpha value is -1.13. The van der Waals surface area contributed by atoms with Crippen molar-refractivity contribution in [2.75, 3.05) is 5.32 Å². The largest absolute Gasteiger partial charge is 0.364 e. The van der Waals surface area contributed by atoms with Crippen LogP contribution in [0.2, 0.25) is 5.02 Å². The Labute approximate surface area is 90.8 Å². The van der Waals surface area contributed by atoms with E-state index >= 15 is 0 Å². The van der Waals surface area contributed by atoms with Crippen LogP contribution >= 0.6 is 22.9 Å². The van der Waals surface area contributed by atoms with Crippen molar-refractivity contribution in [1.29, 1.82) is 0 Å². The summed E-state index contributed by atoms with van der Waals surface area (Å²) in [6.07, 6.45) is 1.62. The molecule has 3 nitrogen and oxygen atoms in total. The Bertz CT molecular complexity index is 385. The van der Waals surface area contributed by atoms with Crippen LogP contribution in [-0.4, -0.2) is 9.97 Å². The molecule has 0 saturated heterocycles. The molecule has 0 spiro atoms. The van der Waals surface area contributed by atoms with Gasteiger partial charge in [-0.1, -0.05) is 11.6 Å². The fraction of sp³-hybridized carbons (Fsp3) is 0.111. The molecule has 1 N–H and O–H groups in total. The second-order valence-electron chi connectivity index (χ2n) is 2.69. The topological polar surface area (TPSA) is 37.8 Å². The van der Waals surface area contributed by atoms with Crippen molar-refractivity contribution in [3.8, 4) is 0 Å². The van der Waals surface area contributed by atoms with Crippen LogP contribution in [-0.2, 0) is 6.54 Å². The number of anilines is 1. The number of pyridine rings is 1. The summed E-state index contributed by atoms with van der Waals surface area (Å²) in [7, 11) is 0. The lowest BCUT2D eigenvalue weighted by molar-refractivity contribution is 1.05. The van der Waals surface area contributed by atoms with Gasteiger partial charge in [0, 0.05) is 11.6 Å². The summed E-state index contributed by atoms with van der Waals surface area (Å²) < 4.78 is 0. The monoisotopic (exact) mass is 225 g/mol. The van der Waals surface area contributed by atoms with E-state index in [0.717, 1.165) is 11.5 Å². The third kappa shape index (κ3) is 2.43. The zero-order chi connectivity index (χ0) is 9.80. The summed E-state index contributed by atoms with van der Waals surface area (Å²) in [4.78, 5) is 8.26. The van der Waals surface area contributed by atoms with Gasteiger partial charge < -0.3 is 5.32 Å². The molecule has 0 saturated carbocycles. The fourth-order valence-corrected chi connectivity index (χ4v) is 1.66. The van der Waals surface area contributed by atoms with Gasteiger partial charge in [0.2, 0.25) is 0 Å². The minimum absolute atomic E-state index is 0.643. The molecule has 0 aliphatic rings. The minimum atomic E-state index is 0.643. The normalized spacial score (nSPS) is 10.1. The molecule has 5 heteroatoms. The molecule has 0 aliphatic heterocycles. The maximum Gasteiger partial charge on any atom is 0.126 e. The lowest BCUT2D eigenvalue weighted by atomic mass is 10.4. The number of rotatable bonds is 3. The maximum atomic E-state index is 5.71. The molecule has 2 aromatic heterocycles. The molecule has 0 aromatic carbocycles. The van der Waals surface area contributed by atoms with E-state index in [1.807, 2.05) is 17.0 Å². The zero-order valence-electron chi connectivity index (χ0n) is 7.27. The van der Waals surface area contributed by atoms with Gasteiger partial charge in [0.05, 0.1) is 22.8 Å². The van der Waals surface area contributed by atoms with E-state index < -0.39 is 0 Å². The van der Waals surface area contributed by atoms with Gasteiger partial charge in [-0.3, -0.25) is 0 Å². The lowest BCUT2D eigenvalue weighted by Crippen LogP contribution is -2.00. The highest BCUT2D eigenvalue weighted by Crippen LogP contribution is 2.10. The van der Waals surface area contributed by atoms with Gasteiger partial charge in [0.1, 0.15) is 5.82 Å². The van der Waals surface area contributed by atoms with Crippen LogP contribution in [0.1, 0.15) is 5.69 Å². The predicted octanol–water partition coefficient (Wildman–Crippen LogP) is 2.80. The van der Waals surface area contributed by atoms with E-state index in [1.165, 1.54) is 0 Å². The minimum Gasteiger partial charge on any atom is -0.364 e. The van der Waals surface area contributed by atoms with Crippen molar-refractivity contribution in [1.82, 2.24) is 9.97 Å². The molecule has 0 bridgehead atoms. The zero-order valence-corrected chi connectivity index (χ0v) is 8.85. The second-order valence-corrected chi connectivity index (χ2v) is 3.85. The third-order valence-electron chi connectivity index (χ3n) is 1.66. The Balaban J connectivity index is 1.95. The quantitative estimate of drug-likeness (QED) is 0.873. The van der Waals surface area contributed by atoms with E-state index in [-0.39, 0.29) is 0 Å². The highest BCUT2D eigenvalue weighted by molar-refractivity contribution is 7.07. The van der Waals surface area contributed by atoms with Crippen molar-refractivity contribution in [3.05, 3.63) is 39.9 Å². The molecule has 0 atom stereocenters. The van der Waals surface area contributed by atoms with Crippen molar-refractivity contribution in [3.63, 3.8) is 0 Å². The van der Waals surface area contributed by atoms with Crippen molar-refractivity contribution in [2.24, 2.45) is 0 Å². The first-order valence-corrected chi connectivity index (χ1v) is 5.39. The summed E-state index contributed by atoms with van der Waals surface area (Å²) in [6.45, 7) is 0.693. The Morgan fingerprint density at radius 1 is 1.36 bits per heavy atom. The molecule has 72 valence electrons. The third-order valence-corrected chi connectivity index (χ3v) is 2.52. The molecule has 0 unspecified atom stereocenters. The van der Waals surface area contributed by atoms with Crippen LogP contribution in [0, 0.1) is 0 Å². The SMILES string of the molecule is Clc1ccc(NCc2cscn2)nc1. The number of hydrogen-bond acceptors (Lipinski definition) is 4. The fourth-order valence-electron chi connectivity index (χ4n) is 0.986. The van der Waals surface area contributed by atoms with Crippen LogP contribution < -0.4 is 5.32 Å². The number of hydrogen-bond donors (Lipinski definition) is 1. The molecule has 0 fully saturated rings. The second kappa shape index (κ2) is 4.39. The van der Waals surface area contributed by atoms with Crippen molar-refractivity contribution >= 4 is 28.8 Å². The van der Waals surface area contributed by atoms with Crippen LogP contribution in [0.15, 0.2) is 29.2 Å². The smallest absolute Gasteiger partial charge is 0.126 e. The summed E-state index contributed by atoms with van der Waals surface area (Å²) in [5.41, 5.74) is 2.83. The van der Waals surface area contributed by atoms with E-state index in [1.54, 1.807) is 23.6 Å². The van der Waals surface area contributed by atoms with Crippen LogP contribution in [0.3, 0.4) is 0 Å². The molecule has 2 aromatic rings. The first-order valence-electron chi connectivity index (χ1n) is 4.07. The molecule has 2 rings (SSSR count). The van der Waals surface area contributed by atoms with Gasteiger partial charge in [-0.15, -0.1) is 11.3 Å². The molecule has 2 heterocycles. The summed E-state index contributed by atoms with van der Waals surface area (Å²) in [6, 6.07) is 3.65. The summed E-state index contributed by atoms with van der Waals surface area (Å²) in [5, 5.41) is 5.79. The van der Waals surface area contributed by atoms with Crippen LogP contribution in [0.25, 0.3) is 0 Å². The first-order chi connectivity index (χ1) is 6.84. The highest BCUT2D eigenvalue weighted by Gasteiger charge is 1.96. The molecule has 14 heavy (non-hydrogen) atoms. The molecule has 0 aliphatic carbocycles.